The number of ether oxygens (including phenoxy) is 3. The number of amides is 2. The van der Waals surface area contributed by atoms with Gasteiger partial charge in [-0.25, -0.2) is 0 Å². The number of benzene rings is 2. The van der Waals surface area contributed by atoms with Crippen LogP contribution in [0.3, 0.4) is 0 Å². The lowest BCUT2D eigenvalue weighted by Crippen LogP contribution is -2.57. The molecule has 2 amide bonds. The Bertz CT molecular complexity index is 1310. The first kappa shape index (κ1) is 28.9. The zero-order valence-electron chi connectivity index (χ0n) is 23.4. The van der Waals surface area contributed by atoms with Crippen molar-refractivity contribution in [3.63, 3.8) is 0 Å². The fraction of sp³-hybridized carbons (Fsp3) is 0.484. The number of carbonyl (C=O) groups is 2. The minimum atomic E-state index is -1.15. The highest BCUT2D eigenvalue weighted by atomic mass is 16.5. The molecule has 220 valence electrons. The van der Waals surface area contributed by atoms with Gasteiger partial charge in [0.25, 0.3) is 0 Å². The minimum Gasteiger partial charge on any atom is -0.496 e. The summed E-state index contributed by atoms with van der Waals surface area (Å²) in [5, 5.41) is 33.8. The Morgan fingerprint density at radius 3 is 2.51 bits per heavy atom. The van der Waals surface area contributed by atoms with Crippen LogP contribution in [0, 0.1) is 5.92 Å². The SMILES string of the molecule is COc1ccccc1CCN(C(=O)C1CCC1)[C@@H]1C=C(C(=O)NCCO)[C@@H]2c3cc(CO)cc(OC)c3O[C@@H]2[C@H]1O. The van der Waals surface area contributed by atoms with Crippen molar-refractivity contribution in [3.8, 4) is 17.2 Å². The van der Waals surface area contributed by atoms with E-state index in [0.717, 1.165) is 24.8 Å². The van der Waals surface area contributed by atoms with Crippen molar-refractivity contribution in [2.45, 2.75) is 56.5 Å². The molecule has 3 aliphatic rings. The van der Waals surface area contributed by atoms with Gasteiger partial charge in [-0.3, -0.25) is 9.59 Å². The van der Waals surface area contributed by atoms with Crippen LogP contribution in [-0.2, 0) is 22.6 Å². The van der Waals surface area contributed by atoms with Crippen LogP contribution in [0.25, 0.3) is 0 Å². The van der Waals surface area contributed by atoms with Gasteiger partial charge in [-0.05, 0) is 54.7 Å². The van der Waals surface area contributed by atoms with E-state index < -0.39 is 30.1 Å². The van der Waals surface area contributed by atoms with Gasteiger partial charge in [-0.1, -0.05) is 24.6 Å². The molecule has 41 heavy (non-hydrogen) atoms. The predicted molar refractivity (Wildman–Crippen MR) is 150 cm³/mol. The van der Waals surface area contributed by atoms with Gasteiger partial charge in [0.2, 0.25) is 11.8 Å². The summed E-state index contributed by atoms with van der Waals surface area (Å²) in [6, 6.07) is 10.2. The van der Waals surface area contributed by atoms with Gasteiger partial charge in [-0.2, -0.15) is 0 Å². The summed E-state index contributed by atoms with van der Waals surface area (Å²) >= 11 is 0. The first-order valence-corrected chi connectivity index (χ1v) is 14.1. The maximum atomic E-state index is 13.8. The molecule has 0 unspecified atom stereocenters. The highest BCUT2D eigenvalue weighted by molar-refractivity contribution is 5.96. The number of aliphatic hydroxyl groups excluding tert-OH is 3. The minimum absolute atomic E-state index is 0.0486. The van der Waals surface area contributed by atoms with Crippen LogP contribution in [0.15, 0.2) is 48.0 Å². The molecule has 5 rings (SSSR count). The van der Waals surface area contributed by atoms with Crippen LogP contribution in [-0.4, -0.2) is 84.2 Å². The van der Waals surface area contributed by atoms with Gasteiger partial charge < -0.3 is 39.7 Å². The molecule has 4 atom stereocenters. The van der Waals surface area contributed by atoms with E-state index in [1.165, 1.54) is 7.11 Å². The molecule has 4 N–H and O–H groups in total. The van der Waals surface area contributed by atoms with E-state index in [1.807, 2.05) is 24.3 Å². The number of fused-ring (bicyclic) bond motifs is 3. The predicted octanol–water partition coefficient (Wildman–Crippen LogP) is 1.69. The monoisotopic (exact) mass is 566 g/mol. The fourth-order valence-electron chi connectivity index (χ4n) is 6.07. The summed E-state index contributed by atoms with van der Waals surface area (Å²) in [4.78, 5) is 29.0. The lowest BCUT2D eigenvalue weighted by atomic mass is 9.76. The molecule has 10 heteroatoms. The Balaban J connectivity index is 1.55. The van der Waals surface area contributed by atoms with E-state index in [4.69, 9.17) is 14.2 Å². The van der Waals surface area contributed by atoms with Crippen LogP contribution in [0.4, 0.5) is 0 Å². The van der Waals surface area contributed by atoms with E-state index in [1.54, 1.807) is 30.2 Å². The largest absolute Gasteiger partial charge is 0.496 e. The van der Waals surface area contributed by atoms with Gasteiger partial charge in [0.15, 0.2) is 11.5 Å². The number of aliphatic hydroxyl groups is 3. The average molecular weight is 567 g/mol. The molecular formula is C31H38N2O8. The normalized spacial score (nSPS) is 22.9. The topological polar surface area (TPSA) is 138 Å². The Morgan fingerprint density at radius 2 is 1.85 bits per heavy atom. The Kier molecular flexibility index (Phi) is 8.82. The smallest absolute Gasteiger partial charge is 0.247 e. The summed E-state index contributed by atoms with van der Waals surface area (Å²) in [7, 11) is 3.09. The van der Waals surface area contributed by atoms with E-state index in [9.17, 15) is 24.9 Å². The maximum Gasteiger partial charge on any atom is 0.247 e. The highest BCUT2D eigenvalue weighted by Crippen LogP contribution is 2.51. The zero-order valence-corrected chi connectivity index (χ0v) is 23.4. The van der Waals surface area contributed by atoms with Crippen LogP contribution in [0.5, 0.6) is 17.2 Å². The van der Waals surface area contributed by atoms with Gasteiger partial charge in [0, 0.05) is 30.1 Å². The molecule has 2 aromatic rings. The first-order chi connectivity index (χ1) is 19.9. The molecule has 0 saturated heterocycles. The molecule has 1 aliphatic heterocycles. The number of para-hydroxylation sites is 1. The molecule has 2 aliphatic carbocycles. The molecule has 1 saturated carbocycles. The second kappa shape index (κ2) is 12.5. The van der Waals surface area contributed by atoms with Crippen molar-refractivity contribution in [2.24, 2.45) is 5.92 Å². The lowest BCUT2D eigenvalue weighted by Gasteiger charge is -2.43. The molecule has 1 fully saturated rings. The summed E-state index contributed by atoms with van der Waals surface area (Å²) in [6.45, 7) is -0.122. The van der Waals surface area contributed by atoms with Crippen LogP contribution >= 0.6 is 0 Å². The summed E-state index contributed by atoms with van der Waals surface area (Å²) < 4.78 is 17.4. The van der Waals surface area contributed by atoms with Gasteiger partial charge in [0.1, 0.15) is 18.0 Å². The number of carbonyl (C=O) groups excluding carboxylic acids is 2. The van der Waals surface area contributed by atoms with Gasteiger partial charge in [-0.15, -0.1) is 0 Å². The summed E-state index contributed by atoms with van der Waals surface area (Å²) in [5.41, 5.74) is 2.46. The first-order valence-electron chi connectivity index (χ1n) is 14.1. The number of nitrogens with one attached hydrogen (secondary N) is 1. The van der Waals surface area contributed by atoms with E-state index in [2.05, 4.69) is 5.32 Å². The molecule has 0 aromatic heterocycles. The molecule has 0 bridgehead atoms. The Morgan fingerprint density at radius 1 is 1.10 bits per heavy atom. The number of hydrogen-bond acceptors (Lipinski definition) is 8. The molecular weight excluding hydrogens is 528 g/mol. The number of hydrogen-bond donors (Lipinski definition) is 4. The zero-order chi connectivity index (χ0) is 29.1. The number of methoxy groups -OCH3 is 2. The van der Waals surface area contributed by atoms with Crippen molar-refractivity contribution < 1.29 is 39.1 Å². The van der Waals surface area contributed by atoms with Gasteiger partial charge >= 0.3 is 0 Å². The van der Waals surface area contributed by atoms with Crippen molar-refractivity contribution in [1.82, 2.24) is 10.2 Å². The summed E-state index contributed by atoms with van der Waals surface area (Å²) in [6.07, 6.45) is 2.70. The molecule has 2 aromatic carbocycles. The highest BCUT2D eigenvalue weighted by Gasteiger charge is 2.52. The van der Waals surface area contributed by atoms with Crippen molar-refractivity contribution >= 4 is 11.8 Å². The molecule has 1 heterocycles. The van der Waals surface area contributed by atoms with E-state index in [0.29, 0.717) is 46.9 Å². The standard InChI is InChI=1S/C31H38N2O8/c1-39-24-9-4-3-6-19(24)10-12-33(31(38)20-7-5-8-20)23-16-22(30(37)32-11-13-34)26-21-14-18(17-35)15-25(40-2)28(21)41-29(26)27(23)36/h3-4,6,9,14-16,20,23,26-27,29,34-36H,5,7-8,10-13,17H2,1-2H3,(H,32,37)/t23-,26+,27+,29+/m1/s1. The third-order valence-electron chi connectivity index (χ3n) is 8.41. The van der Waals surface area contributed by atoms with Crippen LogP contribution in [0.1, 0.15) is 41.9 Å². The molecule has 0 spiro atoms. The van der Waals surface area contributed by atoms with Crippen molar-refractivity contribution in [1.29, 1.82) is 0 Å². The molecule has 10 nitrogen and oxygen atoms in total. The quantitative estimate of drug-likeness (QED) is 0.323. The number of rotatable bonds is 11. The lowest BCUT2D eigenvalue weighted by molar-refractivity contribution is -0.144. The number of nitrogens with zero attached hydrogens (tertiary/aromatic N) is 1. The maximum absolute atomic E-state index is 13.8. The average Bonchev–Trinajstić information content (AvgIpc) is 3.35. The molecule has 0 radical (unpaired) electrons. The van der Waals surface area contributed by atoms with E-state index >= 15 is 0 Å². The third kappa shape index (κ3) is 5.51. The van der Waals surface area contributed by atoms with Crippen LogP contribution in [0.2, 0.25) is 0 Å². The third-order valence-corrected chi connectivity index (χ3v) is 8.41. The summed E-state index contributed by atoms with van der Waals surface area (Å²) in [5.74, 6) is 0.224. The Hall–Kier alpha value is -3.60. The fourth-order valence-corrected chi connectivity index (χ4v) is 6.07. The van der Waals surface area contributed by atoms with Crippen LogP contribution < -0.4 is 19.5 Å². The van der Waals surface area contributed by atoms with E-state index in [-0.39, 0.29) is 31.6 Å². The second-order valence-corrected chi connectivity index (χ2v) is 10.7. The van der Waals surface area contributed by atoms with Gasteiger partial charge in [0.05, 0.1) is 39.4 Å². The Labute approximate surface area is 239 Å². The van der Waals surface area contributed by atoms with Crippen molar-refractivity contribution in [2.75, 3.05) is 33.9 Å². The second-order valence-electron chi connectivity index (χ2n) is 10.7. The van der Waals surface area contributed by atoms with Crippen molar-refractivity contribution in [3.05, 3.63) is 64.7 Å².